The monoisotopic (exact) mass is 340 g/mol. The molecule has 9 nitrogen and oxygen atoms in total. The Morgan fingerprint density at radius 2 is 1.80 bits per heavy atom. The maximum atomic E-state index is 12.4. The summed E-state index contributed by atoms with van der Waals surface area (Å²) in [4.78, 5) is 35.5. The number of carbonyl (C=O) groups excluding carboxylic acids is 1. The van der Waals surface area contributed by atoms with Gasteiger partial charge in [0, 0.05) is 23.5 Å². The highest BCUT2D eigenvalue weighted by Crippen LogP contribution is 2.25. The van der Waals surface area contributed by atoms with Crippen LogP contribution in [0, 0.1) is 0 Å². The number of amides is 1. The lowest BCUT2D eigenvalue weighted by atomic mass is 9.91. The van der Waals surface area contributed by atoms with Crippen LogP contribution in [0.3, 0.4) is 0 Å². The Balaban J connectivity index is 1.94. The van der Waals surface area contributed by atoms with E-state index in [1.165, 1.54) is 12.4 Å². The number of carboxylic acids is 1. The van der Waals surface area contributed by atoms with Crippen molar-refractivity contribution < 1.29 is 14.7 Å². The van der Waals surface area contributed by atoms with Crippen molar-refractivity contribution >= 4 is 28.7 Å². The topological polar surface area (TPSA) is 134 Å². The number of H-pyrrole nitrogens is 1. The van der Waals surface area contributed by atoms with Crippen LogP contribution in [0.15, 0.2) is 24.5 Å². The maximum Gasteiger partial charge on any atom is 0.356 e. The summed E-state index contributed by atoms with van der Waals surface area (Å²) in [6.07, 6.45) is 2.46. The van der Waals surface area contributed by atoms with Gasteiger partial charge in [-0.1, -0.05) is 20.8 Å². The highest BCUT2D eigenvalue weighted by atomic mass is 16.4. The molecule has 0 aliphatic rings. The summed E-state index contributed by atoms with van der Waals surface area (Å²) in [6.45, 7) is 6.13. The summed E-state index contributed by atoms with van der Waals surface area (Å²) >= 11 is 0. The number of aromatic carboxylic acids is 1. The molecule has 3 heterocycles. The smallest absolute Gasteiger partial charge is 0.356 e. The first-order valence-electron chi connectivity index (χ1n) is 7.48. The molecular weight excluding hydrogens is 324 g/mol. The van der Waals surface area contributed by atoms with Gasteiger partial charge in [-0.3, -0.25) is 9.89 Å². The van der Waals surface area contributed by atoms with Crippen LogP contribution in [0.2, 0.25) is 0 Å². The lowest BCUT2D eigenvalue weighted by Gasteiger charge is -2.17. The van der Waals surface area contributed by atoms with Crippen molar-refractivity contribution in [2.24, 2.45) is 0 Å². The molecular formula is C16H16N6O3. The highest BCUT2D eigenvalue weighted by molar-refractivity contribution is 6.10. The highest BCUT2D eigenvalue weighted by Gasteiger charge is 2.22. The Kier molecular flexibility index (Phi) is 3.91. The molecule has 0 fully saturated rings. The van der Waals surface area contributed by atoms with Crippen LogP contribution >= 0.6 is 0 Å². The molecule has 128 valence electrons. The van der Waals surface area contributed by atoms with E-state index in [1.807, 2.05) is 26.8 Å². The Labute approximate surface area is 142 Å². The minimum Gasteiger partial charge on any atom is -0.476 e. The summed E-state index contributed by atoms with van der Waals surface area (Å²) in [7, 11) is 0. The fourth-order valence-electron chi connectivity index (χ4n) is 2.24. The van der Waals surface area contributed by atoms with Crippen molar-refractivity contribution in [1.82, 2.24) is 25.1 Å². The van der Waals surface area contributed by atoms with Crippen LogP contribution < -0.4 is 5.32 Å². The molecule has 0 saturated carbocycles. The van der Waals surface area contributed by atoms with Gasteiger partial charge in [0.1, 0.15) is 0 Å². The van der Waals surface area contributed by atoms with Gasteiger partial charge in [-0.05, 0) is 12.1 Å². The minimum atomic E-state index is -1.33. The van der Waals surface area contributed by atoms with Crippen LogP contribution in [0.25, 0.3) is 11.0 Å². The van der Waals surface area contributed by atoms with E-state index >= 15 is 0 Å². The van der Waals surface area contributed by atoms with Gasteiger partial charge in [-0.25, -0.2) is 19.7 Å². The van der Waals surface area contributed by atoms with Gasteiger partial charge in [-0.15, -0.1) is 0 Å². The standard InChI is InChI=1S/C16H16N6O3/c1-16(2,3)9-5-4-8-12(19-9)21-22-13(8)20-14(23)10-11(15(24)25)18-7-6-17-10/h4-7H,1-3H3,(H,24,25)(H2,19,20,21,22,23). The fraction of sp³-hybridized carbons (Fsp3) is 0.250. The predicted molar refractivity (Wildman–Crippen MR) is 89.5 cm³/mol. The fourth-order valence-corrected chi connectivity index (χ4v) is 2.24. The van der Waals surface area contributed by atoms with Crippen molar-refractivity contribution in [3.05, 3.63) is 41.6 Å². The normalized spacial score (nSPS) is 11.5. The average Bonchev–Trinajstić information content (AvgIpc) is 2.96. The van der Waals surface area contributed by atoms with Gasteiger partial charge in [0.2, 0.25) is 0 Å². The second kappa shape index (κ2) is 5.93. The summed E-state index contributed by atoms with van der Waals surface area (Å²) in [5, 5.41) is 19.1. The molecule has 3 aromatic rings. The van der Waals surface area contributed by atoms with Gasteiger partial charge in [0.15, 0.2) is 22.9 Å². The van der Waals surface area contributed by atoms with E-state index in [0.29, 0.717) is 11.0 Å². The number of pyridine rings is 1. The summed E-state index contributed by atoms with van der Waals surface area (Å²) < 4.78 is 0. The molecule has 0 unspecified atom stereocenters. The van der Waals surface area contributed by atoms with E-state index in [2.05, 4.69) is 30.5 Å². The number of fused-ring (bicyclic) bond motifs is 1. The van der Waals surface area contributed by atoms with E-state index in [-0.39, 0.29) is 16.9 Å². The molecule has 3 aromatic heterocycles. The largest absolute Gasteiger partial charge is 0.476 e. The molecule has 0 bridgehead atoms. The zero-order chi connectivity index (χ0) is 18.2. The van der Waals surface area contributed by atoms with Crippen LogP contribution in [0.5, 0.6) is 0 Å². The molecule has 25 heavy (non-hydrogen) atoms. The van der Waals surface area contributed by atoms with E-state index in [4.69, 9.17) is 5.11 Å². The van der Waals surface area contributed by atoms with Crippen molar-refractivity contribution in [2.75, 3.05) is 5.32 Å². The number of anilines is 1. The van der Waals surface area contributed by atoms with Crippen molar-refractivity contribution in [2.45, 2.75) is 26.2 Å². The summed E-state index contributed by atoms with van der Waals surface area (Å²) in [5.41, 5.74) is 0.570. The van der Waals surface area contributed by atoms with Crippen molar-refractivity contribution in [3.8, 4) is 0 Å². The molecule has 1 amide bonds. The number of hydrogen-bond acceptors (Lipinski definition) is 6. The van der Waals surface area contributed by atoms with Crippen LogP contribution in [0.1, 0.15) is 47.4 Å². The molecule has 0 atom stereocenters. The third-order valence-electron chi connectivity index (χ3n) is 3.54. The van der Waals surface area contributed by atoms with E-state index in [1.54, 1.807) is 6.07 Å². The average molecular weight is 340 g/mol. The van der Waals surface area contributed by atoms with Crippen LogP contribution in [-0.4, -0.2) is 42.1 Å². The molecule has 0 radical (unpaired) electrons. The number of carboxylic acid groups (broad SMARTS) is 1. The van der Waals surface area contributed by atoms with Gasteiger partial charge in [0.05, 0.1) is 5.39 Å². The minimum absolute atomic E-state index is 0.126. The first kappa shape index (κ1) is 16.5. The van der Waals surface area contributed by atoms with Gasteiger partial charge >= 0.3 is 5.97 Å². The number of nitrogens with zero attached hydrogens (tertiary/aromatic N) is 4. The van der Waals surface area contributed by atoms with E-state index < -0.39 is 17.6 Å². The number of aromatic nitrogens is 5. The maximum absolute atomic E-state index is 12.4. The molecule has 0 spiro atoms. The second-order valence-corrected chi connectivity index (χ2v) is 6.43. The zero-order valence-corrected chi connectivity index (χ0v) is 13.9. The zero-order valence-electron chi connectivity index (χ0n) is 13.9. The number of hydrogen-bond donors (Lipinski definition) is 3. The van der Waals surface area contributed by atoms with Crippen molar-refractivity contribution in [1.29, 1.82) is 0 Å². The van der Waals surface area contributed by atoms with Crippen LogP contribution in [0.4, 0.5) is 5.82 Å². The molecule has 0 saturated heterocycles. The van der Waals surface area contributed by atoms with Crippen molar-refractivity contribution in [3.63, 3.8) is 0 Å². The molecule has 9 heteroatoms. The lowest BCUT2D eigenvalue weighted by Crippen LogP contribution is -2.19. The third kappa shape index (κ3) is 3.16. The second-order valence-electron chi connectivity index (χ2n) is 6.43. The first-order valence-corrected chi connectivity index (χ1v) is 7.48. The molecule has 3 N–H and O–H groups in total. The SMILES string of the molecule is CC(C)(C)c1ccc2c(NC(=O)c3nccnc3C(=O)O)n[nH]c2n1. The Morgan fingerprint density at radius 1 is 1.12 bits per heavy atom. The molecule has 0 aliphatic heterocycles. The number of rotatable bonds is 3. The Morgan fingerprint density at radius 3 is 2.44 bits per heavy atom. The lowest BCUT2D eigenvalue weighted by molar-refractivity contribution is 0.0685. The summed E-state index contributed by atoms with van der Waals surface area (Å²) in [5.74, 6) is -1.80. The number of carbonyl (C=O) groups is 2. The van der Waals surface area contributed by atoms with Gasteiger partial charge in [0.25, 0.3) is 5.91 Å². The number of aromatic amines is 1. The number of nitrogens with one attached hydrogen (secondary N) is 2. The Hall–Kier alpha value is -3.36. The molecule has 0 aliphatic carbocycles. The third-order valence-corrected chi connectivity index (χ3v) is 3.54. The molecule has 3 rings (SSSR count). The summed E-state index contributed by atoms with van der Waals surface area (Å²) in [6, 6.07) is 3.66. The van der Waals surface area contributed by atoms with E-state index in [0.717, 1.165) is 5.69 Å². The van der Waals surface area contributed by atoms with E-state index in [9.17, 15) is 9.59 Å². The predicted octanol–water partition coefficient (Wildman–Crippen LogP) is 2.00. The Bertz CT molecular complexity index is 973. The van der Waals surface area contributed by atoms with Gasteiger partial charge < -0.3 is 10.4 Å². The van der Waals surface area contributed by atoms with Gasteiger partial charge in [-0.2, -0.15) is 5.10 Å². The quantitative estimate of drug-likeness (QED) is 0.664. The first-order chi connectivity index (χ1) is 11.8. The molecule has 0 aromatic carbocycles. The van der Waals surface area contributed by atoms with Crippen LogP contribution in [-0.2, 0) is 5.41 Å².